The van der Waals surface area contributed by atoms with Crippen LogP contribution in [-0.2, 0) is 6.54 Å². The third-order valence-corrected chi connectivity index (χ3v) is 4.94. The monoisotopic (exact) mass is 378 g/mol. The number of nitrogens with zero attached hydrogens (tertiary/aromatic N) is 2. The van der Waals surface area contributed by atoms with Crippen LogP contribution in [0.1, 0.15) is 5.56 Å². The Morgan fingerprint density at radius 1 is 1.09 bits per heavy atom. The molecule has 0 spiro atoms. The first-order chi connectivity index (χ1) is 11.2. The molecule has 2 aromatic carbocycles. The van der Waals surface area contributed by atoms with E-state index in [0.717, 1.165) is 48.5 Å². The highest BCUT2D eigenvalue weighted by molar-refractivity contribution is 9.10. The maximum absolute atomic E-state index is 13.2. The number of piperazine rings is 1. The minimum atomic E-state index is -0.205. The quantitative estimate of drug-likeness (QED) is 0.801. The van der Waals surface area contributed by atoms with Crippen LogP contribution < -0.4 is 9.64 Å². The van der Waals surface area contributed by atoms with E-state index in [1.165, 1.54) is 17.8 Å². The summed E-state index contributed by atoms with van der Waals surface area (Å²) in [6.45, 7) is 4.77. The van der Waals surface area contributed by atoms with Gasteiger partial charge in [-0.25, -0.2) is 4.39 Å². The summed E-state index contributed by atoms with van der Waals surface area (Å²) in [6, 6.07) is 13.1. The Morgan fingerprint density at radius 2 is 1.87 bits per heavy atom. The average molecular weight is 379 g/mol. The van der Waals surface area contributed by atoms with Gasteiger partial charge in [-0.3, -0.25) is 4.90 Å². The lowest BCUT2D eigenvalue weighted by molar-refractivity contribution is 0.249. The number of benzene rings is 2. The van der Waals surface area contributed by atoms with Crippen molar-refractivity contribution in [3.8, 4) is 5.75 Å². The fourth-order valence-electron chi connectivity index (χ4n) is 2.86. The second-order valence-electron chi connectivity index (χ2n) is 5.70. The zero-order valence-corrected chi connectivity index (χ0v) is 14.7. The molecule has 1 aliphatic rings. The maximum Gasteiger partial charge on any atom is 0.124 e. The van der Waals surface area contributed by atoms with E-state index in [-0.39, 0.29) is 5.82 Å². The molecule has 2 aromatic rings. The molecule has 1 heterocycles. The summed E-state index contributed by atoms with van der Waals surface area (Å²) in [4.78, 5) is 4.77. The van der Waals surface area contributed by atoms with Gasteiger partial charge in [0.15, 0.2) is 0 Å². The fraction of sp³-hybridized carbons (Fsp3) is 0.333. The van der Waals surface area contributed by atoms with Crippen LogP contribution >= 0.6 is 15.9 Å². The van der Waals surface area contributed by atoms with Gasteiger partial charge in [-0.05, 0) is 29.8 Å². The molecule has 1 saturated heterocycles. The SMILES string of the molecule is COc1cccc(N2CCN(Cc3ccc(F)cc3Br)CC2)c1. The Balaban J connectivity index is 1.59. The van der Waals surface area contributed by atoms with Crippen molar-refractivity contribution >= 4 is 21.6 Å². The largest absolute Gasteiger partial charge is 0.497 e. The molecule has 0 N–H and O–H groups in total. The third-order valence-electron chi connectivity index (χ3n) is 4.20. The molecule has 0 saturated carbocycles. The molecule has 122 valence electrons. The number of rotatable bonds is 4. The molecule has 0 unspecified atom stereocenters. The van der Waals surface area contributed by atoms with Gasteiger partial charge in [0.2, 0.25) is 0 Å². The average Bonchev–Trinajstić information content (AvgIpc) is 2.58. The van der Waals surface area contributed by atoms with Gasteiger partial charge in [-0.15, -0.1) is 0 Å². The molecular formula is C18H20BrFN2O. The van der Waals surface area contributed by atoms with E-state index in [2.05, 4.69) is 37.9 Å². The summed E-state index contributed by atoms with van der Waals surface area (Å²) in [5, 5.41) is 0. The number of halogens is 2. The predicted molar refractivity (Wildman–Crippen MR) is 94.6 cm³/mol. The van der Waals surface area contributed by atoms with Crippen LogP contribution in [0.2, 0.25) is 0 Å². The van der Waals surface area contributed by atoms with Crippen molar-refractivity contribution in [3.63, 3.8) is 0 Å². The first-order valence-corrected chi connectivity index (χ1v) is 8.50. The van der Waals surface area contributed by atoms with E-state index in [1.807, 2.05) is 18.2 Å². The number of anilines is 1. The van der Waals surface area contributed by atoms with E-state index >= 15 is 0 Å². The number of ether oxygens (including phenoxy) is 1. The van der Waals surface area contributed by atoms with Crippen LogP contribution in [0.3, 0.4) is 0 Å². The Labute approximate surface area is 144 Å². The molecule has 0 amide bonds. The lowest BCUT2D eigenvalue weighted by atomic mass is 10.2. The molecule has 0 radical (unpaired) electrons. The van der Waals surface area contributed by atoms with Crippen molar-refractivity contribution in [2.24, 2.45) is 0 Å². The molecule has 0 aromatic heterocycles. The Kier molecular flexibility index (Phi) is 5.18. The van der Waals surface area contributed by atoms with Crippen molar-refractivity contribution in [1.29, 1.82) is 0 Å². The summed E-state index contributed by atoms with van der Waals surface area (Å²) in [7, 11) is 1.69. The minimum Gasteiger partial charge on any atom is -0.497 e. The Bertz CT molecular complexity index is 672. The Morgan fingerprint density at radius 3 is 2.57 bits per heavy atom. The van der Waals surface area contributed by atoms with Gasteiger partial charge in [-0.2, -0.15) is 0 Å². The van der Waals surface area contributed by atoms with Crippen molar-refractivity contribution in [2.75, 3.05) is 38.2 Å². The van der Waals surface area contributed by atoms with Crippen molar-refractivity contribution in [3.05, 3.63) is 58.3 Å². The van der Waals surface area contributed by atoms with Gasteiger partial charge in [0, 0.05) is 49.0 Å². The molecule has 23 heavy (non-hydrogen) atoms. The highest BCUT2D eigenvalue weighted by Crippen LogP contribution is 2.24. The maximum atomic E-state index is 13.2. The molecule has 1 fully saturated rings. The second kappa shape index (κ2) is 7.32. The number of methoxy groups -OCH3 is 1. The van der Waals surface area contributed by atoms with Gasteiger partial charge >= 0.3 is 0 Å². The van der Waals surface area contributed by atoms with E-state index in [0.29, 0.717) is 0 Å². The van der Waals surface area contributed by atoms with Gasteiger partial charge in [-0.1, -0.05) is 28.1 Å². The van der Waals surface area contributed by atoms with Crippen molar-refractivity contribution in [2.45, 2.75) is 6.54 Å². The fourth-order valence-corrected chi connectivity index (χ4v) is 3.34. The van der Waals surface area contributed by atoms with Crippen LogP contribution in [-0.4, -0.2) is 38.2 Å². The van der Waals surface area contributed by atoms with Crippen LogP contribution in [0.5, 0.6) is 5.75 Å². The highest BCUT2D eigenvalue weighted by Gasteiger charge is 2.18. The van der Waals surface area contributed by atoms with Gasteiger partial charge in [0.05, 0.1) is 7.11 Å². The summed E-state index contributed by atoms with van der Waals surface area (Å²) >= 11 is 3.45. The van der Waals surface area contributed by atoms with Crippen molar-refractivity contribution < 1.29 is 9.13 Å². The molecule has 5 heteroatoms. The zero-order valence-electron chi connectivity index (χ0n) is 13.1. The standard InChI is InChI=1S/C18H20BrFN2O/c1-23-17-4-2-3-16(12-17)22-9-7-21(8-10-22)13-14-5-6-15(20)11-18(14)19/h2-6,11-12H,7-10,13H2,1H3. The normalized spacial score (nSPS) is 15.7. The second-order valence-corrected chi connectivity index (χ2v) is 6.55. The molecule has 0 bridgehead atoms. The van der Waals surface area contributed by atoms with Crippen LogP contribution in [0.25, 0.3) is 0 Å². The molecule has 3 nitrogen and oxygen atoms in total. The van der Waals surface area contributed by atoms with E-state index in [9.17, 15) is 4.39 Å². The topological polar surface area (TPSA) is 15.7 Å². The van der Waals surface area contributed by atoms with Gasteiger partial charge in [0.25, 0.3) is 0 Å². The van der Waals surface area contributed by atoms with Crippen LogP contribution in [0, 0.1) is 5.82 Å². The lowest BCUT2D eigenvalue weighted by Gasteiger charge is -2.36. The summed E-state index contributed by atoms with van der Waals surface area (Å²) < 4.78 is 19.3. The molecule has 0 aliphatic carbocycles. The van der Waals surface area contributed by atoms with Crippen LogP contribution in [0.4, 0.5) is 10.1 Å². The number of hydrogen-bond donors (Lipinski definition) is 0. The first-order valence-electron chi connectivity index (χ1n) is 7.71. The van der Waals surface area contributed by atoms with Gasteiger partial charge in [0.1, 0.15) is 11.6 Å². The molecule has 0 atom stereocenters. The number of hydrogen-bond acceptors (Lipinski definition) is 3. The highest BCUT2D eigenvalue weighted by atomic mass is 79.9. The molecule has 1 aliphatic heterocycles. The van der Waals surface area contributed by atoms with E-state index in [4.69, 9.17) is 4.74 Å². The smallest absolute Gasteiger partial charge is 0.124 e. The summed E-state index contributed by atoms with van der Waals surface area (Å²) in [5.74, 6) is 0.684. The predicted octanol–water partition coefficient (Wildman–Crippen LogP) is 3.92. The zero-order chi connectivity index (χ0) is 16.2. The molecule has 3 rings (SSSR count). The summed E-state index contributed by atoms with van der Waals surface area (Å²) in [5.41, 5.74) is 2.33. The van der Waals surface area contributed by atoms with Crippen molar-refractivity contribution in [1.82, 2.24) is 4.90 Å². The van der Waals surface area contributed by atoms with Crippen LogP contribution in [0.15, 0.2) is 46.9 Å². The first kappa shape index (κ1) is 16.3. The van der Waals surface area contributed by atoms with E-state index < -0.39 is 0 Å². The third kappa shape index (κ3) is 4.03. The van der Waals surface area contributed by atoms with Gasteiger partial charge < -0.3 is 9.64 Å². The lowest BCUT2D eigenvalue weighted by Crippen LogP contribution is -2.46. The Hall–Kier alpha value is -1.59. The summed E-state index contributed by atoms with van der Waals surface area (Å²) in [6.07, 6.45) is 0. The molecular weight excluding hydrogens is 359 g/mol. The minimum absolute atomic E-state index is 0.205. The van der Waals surface area contributed by atoms with E-state index in [1.54, 1.807) is 7.11 Å².